The van der Waals surface area contributed by atoms with Crippen molar-refractivity contribution in [2.24, 2.45) is 11.7 Å². The van der Waals surface area contributed by atoms with Gasteiger partial charge in [0.1, 0.15) is 5.41 Å². The Labute approximate surface area is 173 Å². The predicted octanol–water partition coefficient (Wildman–Crippen LogP) is 4.02. The van der Waals surface area contributed by atoms with E-state index in [0.29, 0.717) is 0 Å². The van der Waals surface area contributed by atoms with Crippen LogP contribution in [0.25, 0.3) is 0 Å². The van der Waals surface area contributed by atoms with Gasteiger partial charge in [0.2, 0.25) is 5.91 Å². The SMILES string of the molecule is NC(=O)C(c1ccccc1)(c1ccccc1)[C@H]1CCN(CCc2ccccc2)C1. The van der Waals surface area contributed by atoms with Crippen molar-refractivity contribution in [1.82, 2.24) is 4.90 Å². The van der Waals surface area contributed by atoms with E-state index in [0.717, 1.165) is 43.6 Å². The third-order valence-electron chi connectivity index (χ3n) is 6.29. The molecule has 0 saturated carbocycles. The molecule has 3 aromatic carbocycles. The van der Waals surface area contributed by atoms with Gasteiger partial charge in [-0.05, 0) is 42.0 Å². The number of benzene rings is 3. The van der Waals surface area contributed by atoms with Crippen LogP contribution in [0.5, 0.6) is 0 Å². The van der Waals surface area contributed by atoms with Gasteiger partial charge in [-0.15, -0.1) is 0 Å². The lowest BCUT2D eigenvalue weighted by Gasteiger charge is -2.37. The largest absolute Gasteiger partial charge is 0.369 e. The lowest BCUT2D eigenvalue weighted by Crippen LogP contribution is -2.49. The van der Waals surface area contributed by atoms with Crippen LogP contribution in [0.4, 0.5) is 0 Å². The molecule has 1 amide bonds. The highest BCUT2D eigenvalue weighted by molar-refractivity contribution is 5.91. The van der Waals surface area contributed by atoms with Gasteiger partial charge in [0.25, 0.3) is 0 Å². The van der Waals surface area contributed by atoms with Crippen LogP contribution >= 0.6 is 0 Å². The lowest BCUT2D eigenvalue weighted by atomic mass is 9.64. The van der Waals surface area contributed by atoms with Crippen molar-refractivity contribution in [3.05, 3.63) is 108 Å². The molecule has 1 atom stereocenters. The van der Waals surface area contributed by atoms with Crippen molar-refractivity contribution in [3.63, 3.8) is 0 Å². The Hall–Kier alpha value is -2.91. The van der Waals surface area contributed by atoms with Crippen LogP contribution in [-0.2, 0) is 16.6 Å². The normalized spacial score (nSPS) is 17.3. The summed E-state index contributed by atoms with van der Waals surface area (Å²) < 4.78 is 0. The Bertz CT molecular complexity index is 885. The number of hydrogen-bond acceptors (Lipinski definition) is 2. The van der Waals surface area contributed by atoms with Gasteiger partial charge in [0.05, 0.1) is 0 Å². The maximum atomic E-state index is 13.1. The summed E-state index contributed by atoms with van der Waals surface area (Å²) in [5.41, 5.74) is 8.71. The molecule has 1 heterocycles. The molecule has 29 heavy (non-hydrogen) atoms. The number of nitrogens with two attached hydrogens (primary N) is 1. The second-order valence-corrected chi connectivity index (χ2v) is 7.93. The van der Waals surface area contributed by atoms with E-state index in [2.05, 4.69) is 35.2 Å². The molecule has 0 aromatic heterocycles. The number of primary amides is 1. The molecule has 3 nitrogen and oxygen atoms in total. The topological polar surface area (TPSA) is 46.3 Å². The monoisotopic (exact) mass is 384 g/mol. The zero-order valence-corrected chi connectivity index (χ0v) is 16.7. The van der Waals surface area contributed by atoms with Crippen molar-refractivity contribution in [3.8, 4) is 0 Å². The highest BCUT2D eigenvalue weighted by atomic mass is 16.1. The minimum atomic E-state index is -0.802. The summed E-state index contributed by atoms with van der Waals surface area (Å²) in [6.45, 7) is 2.87. The molecular weight excluding hydrogens is 356 g/mol. The van der Waals surface area contributed by atoms with E-state index in [-0.39, 0.29) is 11.8 Å². The van der Waals surface area contributed by atoms with Crippen molar-refractivity contribution < 1.29 is 4.79 Å². The Balaban J connectivity index is 1.63. The van der Waals surface area contributed by atoms with Gasteiger partial charge in [0, 0.05) is 13.1 Å². The fraction of sp³-hybridized carbons (Fsp3) is 0.269. The van der Waals surface area contributed by atoms with Crippen LogP contribution in [-0.4, -0.2) is 30.4 Å². The molecule has 0 unspecified atom stereocenters. The molecule has 0 radical (unpaired) electrons. The molecule has 1 saturated heterocycles. The number of carbonyl (C=O) groups excluding carboxylic acids is 1. The molecule has 1 fully saturated rings. The van der Waals surface area contributed by atoms with Gasteiger partial charge in [-0.1, -0.05) is 91.0 Å². The first-order valence-electron chi connectivity index (χ1n) is 10.4. The van der Waals surface area contributed by atoms with Crippen molar-refractivity contribution in [1.29, 1.82) is 0 Å². The molecule has 0 bridgehead atoms. The summed E-state index contributed by atoms with van der Waals surface area (Å²) in [6, 6.07) is 30.7. The van der Waals surface area contributed by atoms with E-state index < -0.39 is 5.41 Å². The second-order valence-electron chi connectivity index (χ2n) is 7.93. The number of carbonyl (C=O) groups is 1. The summed E-state index contributed by atoms with van der Waals surface area (Å²) in [6.07, 6.45) is 1.98. The van der Waals surface area contributed by atoms with E-state index in [9.17, 15) is 4.79 Å². The van der Waals surface area contributed by atoms with Crippen LogP contribution in [0.2, 0.25) is 0 Å². The Morgan fingerprint density at radius 2 is 1.38 bits per heavy atom. The first kappa shape index (κ1) is 19.4. The lowest BCUT2D eigenvalue weighted by molar-refractivity contribution is -0.123. The third kappa shape index (κ3) is 3.83. The highest BCUT2D eigenvalue weighted by Gasteiger charge is 2.49. The van der Waals surface area contributed by atoms with Crippen LogP contribution in [0, 0.1) is 5.92 Å². The number of nitrogens with zero attached hydrogens (tertiary/aromatic N) is 1. The van der Waals surface area contributed by atoms with Crippen molar-refractivity contribution in [2.45, 2.75) is 18.3 Å². The summed E-state index contributed by atoms with van der Waals surface area (Å²) in [5.74, 6) is -0.106. The Morgan fingerprint density at radius 1 is 0.862 bits per heavy atom. The molecular formula is C26H28N2O. The quantitative estimate of drug-likeness (QED) is 0.669. The average Bonchev–Trinajstić information content (AvgIpc) is 3.24. The average molecular weight is 385 g/mol. The zero-order valence-electron chi connectivity index (χ0n) is 16.7. The predicted molar refractivity (Wildman–Crippen MR) is 118 cm³/mol. The van der Waals surface area contributed by atoms with E-state index in [1.54, 1.807) is 0 Å². The molecule has 1 aliphatic rings. The molecule has 4 rings (SSSR count). The third-order valence-corrected chi connectivity index (χ3v) is 6.29. The van der Waals surface area contributed by atoms with Gasteiger partial charge in [-0.2, -0.15) is 0 Å². The first-order chi connectivity index (χ1) is 14.2. The first-order valence-corrected chi connectivity index (χ1v) is 10.4. The van der Waals surface area contributed by atoms with Crippen LogP contribution in [0.3, 0.4) is 0 Å². The molecule has 148 valence electrons. The molecule has 3 heteroatoms. The maximum Gasteiger partial charge on any atom is 0.232 e. The molecule has 3 aromatic rings. The minimum absolute atomic E-state index is 0.153. The number of hydrogen-bond donors (Lipinski definition) is 1. The molecule has 2 N–H and O–H groups in total. The van der Waals surface area contributed by atoms with E-state index in [1.165, 1.54) is 5.56 Å². The number of amides is 1. The van der Waals surface area contributed by atoms with E-state index in [1.807, 2.05) is 60.7 Å². The summed E-state index contributed by atoms with van der Waals surface area (Å²) in [4.78, 5) is 15.6. The number of likely N-dealkylation sites (tertiary alicyclic amines) is 1. The Kier molecular flexibility index (Phi) is 5.77. The fourth-order valence-corrected chi connectivity index (χ4v) is 4.85. The smallest absolute Gasteiger partial charge is 0.232 e. The maximum absolute atomic E-state index is 13.1. The van der Waals surface area contributed by atoms with Crippen molar-refractivity contribution in [2.75, 3.05) is 19.6 Å². The summed E-state index contributed by atoms with van der Waals surface area (Å²) in [5, 5.41) is 0. The van der Waals surface area contributed by atoms with Gasteiger partial charge in [-0.3, -0.25) is 4.79 Å². The van der Waals surface area contributed by atoms with Gasteiger partial charge in [-0.25, -0.2) is 0 Å². The van der Waals surface area contributed by atoms with Crippen LogP contribution < -0.4 is 5.73 Å². The van der Waals surface area contributed by atoms with Crippen molar-refractivity contribution >= 4 is 5.91 Å². The van der Waals surface area contributed by atoms with E-state index in [4.69, 9.17) is 5.73 Å². The second kappa shape index (κ2) is 8.62. The number of rotatable bonds is 7. The van der Waals surface area contributed by atoms with E-state index >= 15 is 0 Å². The van der Waals surface area contributed by atoms with Crippen LogP contribution in [0.15, 0.2) is 91.0 Å². The van der Waals surface area contributed by atoms with Gasteiger partial charge >= 0.3 is 0 Å². The standard InChI is InChI=1S/C26H28N2O/c27-25(29)26(22-12-6-2-7-13-22,23-14-8-3-9-15-23)24-17-19-28(20-24)18-16-21-10-4-1-5-11-21/h1-15,24H,16-20H2,(H2,27,29)/t24-/m0/s1. The van der Waals surface area contributed by atoms with Crippen LogP contribution in [0.1, 0.15) is 23.1 Å². The van der Waals surface area contributed by atoms with Gasteiger partial charge in [0.15, 0.2) is 0 Å². The highest BCUT2D eigenvalue weighted by Crippen LogP contribution is 2.43. The summed E-state index contributed by atoms with van der Waals surface area (Å²) >= 11 is 0. The molecule has 1 aliphatic heterocycles. The Morgan fingerprint density at radius 3 is 1.90 bits per heavy atom. The molecule has 0 aliphatic carbocycles. The summed E-state index contributed by atoms with van der Waals surface area (Å²) in [7, 11) is 0. The fourth-order valence-electron chi connectivity index (χ4n) is 4.85. The minimum Gasteiger partial charge on any atom is -0.369 e. The molecule has 0 spiro atoms. The van der Waals surface area contributed by atoms with Gasteiger partial charge < -0.3 is 10.6 Å². The zero-order chi connectivity index (χ0) is 20.1.